The molecule has 0 fully saturated rings. The number of aryl methyl sites for hydroxylation is 1. The molecule has 0 aliphatic heterocycles. The molecule has 10 heteroatoms. The molecule has 0 aliphatic carbocycles. The molecule has 0 spiro atoms. The number of hydrogen-bond donors (Lipinski definition) is 0. The predicted octanol–water partition coefficient (Wildman–Crippen LogP) is 2.38. The molecule has 0 N–H and O–H groups in total. The van der Waals surface area contributed by atoms with Crippen molar-refractivity contribution in [2.24, 2.45) is 0 Å². The number of nitro groups is 1. The van der Waals surface area contributed by atoms with Crippen LogP contribution in [0.4, 0.5) is 5.69 Å². The number of fused-ring (bicyclic) bond motifs is 1. The van der Waals surface area contributed by atoms with E-state index in [4.69, 9.17) is 13.9 Å². The normalized spacial score (nSPS) is 10.7. The topological polar surface area (TPSA) is 127 Å². The number of carbonyl (C=O) groups excluding carboxylic acids is 2. The van der Waals surface area contributed by atoms with Gasteiger partial charge < -0.3 is 13.9 Å². The molecule has 27 heavy (non-hydrogen) atoms. The van der Waals surface area contributed by atoms with Crippen molar-refractivity contribution in [3.63, 3.8) is 0 Å². The first kappa shape index (κ1) is 18.1. The standard InChI is InChI=1S/C17H15N3O7/c1-10-13(20(23)24)7-19(18-10)8-15(21)26-9-12-11-5-3-4-6-14(11)27-16(12)17(22)25-2/h3-7H,8-9H2,1-2H3. The van der Waals surface area contributed by atoms with Crippen LogP contribution in [-0.2, 0) is 27.4 Å². The molecule has 0 saturated heterocycles. The van der Waals surface area contributed by atoms with Crippen molar-refractivity contribution in [3.05, 3.63) is 57.6 Å². The highest BCUT2D eigenvalue weighted by atomic mass is 16.6. The minimum absolute atomic E-state index is 0.0444. The van der Waals surface area contributed by atoms with Crippen molar-refractivity contribution in [2.45, 2.75) is 20.1 Å². The fourth-order valence-electron chi connectivity index (χ4n) is 2.60. The molecule has 3 aromatic rings. The molecular weight excluding hydrogens is 358 g/mol. The molecule has 0 atom stereocenters. The molecule has 0 amide bonds. The summed E-state index contributed by atoms with van der Waals surface area (Å²) in [6.45, 7) is 0.945. The van der Waals surface area contributed by atoms with Crippen LogP contribution in [0.15, 0.2) is 34.9 Å². The first-order valence-electron chi connectivity index (χ1n) is 7.83. The summed E-state index contributed by atoms with van der Waals surface area (Å²) in [6.07, 6.45) is 1.16. The van der Waals surface area contributed by atoms with Gasteiger partial charge in [0.1, 0.15) is 30.6 Å². The molecule has 2 aromatic heterocycles. The zero-order valence-corrected chi connectivity index (χ0v) is 14.5. The lowest BCUT2D eigenvalue weighted by Gasteiger charge is -2.05. The van der Waals surface area contributed by atoms with E-state index in [9.17, 15) is 19.7 Å². The Labute approximate surface area is 152 Å². The van der Waals surface area contributed by atoms with Crippen LogP contribution in [0.2, 0.25) is 0 Å². The maximum absolute atomic E-state index is 12.1. The number of ether oxygens (including phenoxy) is 2. The van der Waals surface area contributed by atoms with Crippen molar-refractivity contribution >= 4 is 28.6 Å². The molecule has 1 aromatic carbocycles. The number of nitrogens with zero attached hydrogens (tertiary/aromatic N) is 3. The highest BCUT2D eigenvalue weighted by molar-refractivity contribution is 5.96. The number of aromatic nitrogens is 2. The Kier molecular flexibility index (Phi) is 4.88. The van der Waals surface area contributed by atoms with Crippen LogP contribution in [0.25, 0.3) is 11.0 Å². The third kappa shape index (κ3) is 3.64. The average Bonchev–Trinajstić information content (AvgIpc) is 3.19. The van der Waals surface area contributed by atoms with Crippen molar-refractivity contribution in [3.8, 4) is 0 Å². The van der Waals surface area contributed by atoms with Gasteiger partial charge in [0.05, 0.1) is 17.6 Å². The van der Waals surface area contributed by atoms with E-state index >= 15 is 0 Å². The van der Waals surface area contributed by atoms with Gasteiger partial charge in [-0.3, -0.25) is 19.6 Å². The summed E-state index contributed by atoms with van der Waals surface area (Å²) in [4.78, 5) is 34.3. The first-order valence-corrected chi connectivity index (χ1v) is 7.83. The van der Waals surface area contributed by atoms with Gasteiger partial charge >= 0.3 is 17.6 Å². The lowest BCUT2D eigenvalue weighted by atomic mass is 10.1. The van der Waals surface area contributed by atoms with Gasteiger partial charge in [-0.25, -0.2) is 4.79 Å². The lowest BCUT2D eigenvalue weighted by Crippen LogP contribution is -2.15. The summed E-state index contributed by atoms with van der Waals surface area (Å²) < 4.78 is 16.5. The monoisotopic (exact) mass is 373 g/mol. The maximum Gasteiger partial charge on any atom is 0.374 e. The number of methoxy groups -OCH3 is 1. The van der Waals surface area contributed by atoms with E-state index in [1.54, 1.807) is 24.3 Å². The van der Waals surface area contributed by atoms with E-state index in [1.165, 1.54) is 14.0 Å². The van der Waals surface area contributed by atoms with Crippen molar-refractivity contribution < 1.29 is 28.4 Å². The Morgan fingerprint density at radius 1 is 1.33 bits per heavy atom. The number of rotatable bonds is 6. The molecule has 0 aliphatic rings. The largest absolute Gasteiger partial charge is 0.463 e. The molecule has 3 rings (SSSR count). The highest BCUT2D eigenvalue weighted by Crippen LogP contribution is 2.27. The van der Waals surface area contributed by atoms with Gasteiger partial charge in [-0.05, 0) is 13.0 Å². The SMILES string of the molecule is COC(=O)c1oc2ccccc2c1COC(=O)Cn1cc([N+](=O)[O-])c(C)n1. The number of hydrogen-bond acceptors (Lipinski definition) is 8. The van der Waals surface area contributed by atoms with E-state index in [1.807, 2.05) is 0 Å². The van der Waals surface area contributed by atoms with Crippen molar-refractivity contribution in [1.29, 1.82) is 0 Å². The third-order valence-electron chi connectivity index (χ3n) is 3.85. The van der Waals surface area contributed by atoms with Crippen LogP contribution in [0.3, 0.4) is 0 Å². The second-order valence-electron chi connectivity index (χ2n) is 5.61. The number of furan rings is 1. The van der Waals surface area contributed by atoms with Crippen LogP contribution < -0.4 is 0 Å². The molecule has 0 radical (unpaired) electrons. The molecule has 140 valence electrons. The van der Waals surface area contributed by atoms with Gasteiger partial charge in [0.15, 0.2) is 0 Å². The number of benzene rings is 1. The van der Waals surface area contributed by atoms with Gasteiger partial charge in [0.25, 0.3) is 0 Å². The summed E-state index contributed by atoms with van der Waals surface area (Å²) in [7, 11) is 1.22. The van der Waals surface area contributed by atoms with Crippen molar-refractivity contribution in [1.82, 2.24) is 9.78 Å². The summed E-state index contributed by atoms with van der Waals surface area (Å²) in [5, 5.41) is 15.4. The Morgan fingerprint density at radius 2 is 2.07 bits per heavy atom. The maximum atomic E-state index is 12.1. The van der Waals surface area contributed by atoms with Gasteiger partial charge in [-0.2, -0.15) is 5.10 Å². The van der Waals surface area contributed by atoms with Gasteiger partial charge in [0.2, 0.25) is 5.76 Å². The second kappa shape index (κ2) is 7.28. The van der Waals surface area contributed by atoms with E-state index in [-0.39, 0.29) is 30.3 Å². The molecule has 0 bridgehead atoms. The number of para-hydroxylation sites is 1. The zero-order chi connectivity index (χ0) is 19.6. The van der Waals surface area contributed by atoms with Gasteiger partial charge in [-0.15, -0.1) is 0 Å². The molecule has 0 unspecified atom stereocenters. The fraction of sp³-hybridized carbons (Fsp3) is 0.235. The van der Waals surface area contributed by atoms with Crippen LogP contribution in [0, 0.1) is 17.0 Å². The third-order valence-corrected chi connectivity index (χ3v) is 3.85. The molecule has 2 heterocycles. The highest BCUT2D eigenvalue weighted by Gasteiger charge is 2.23. The molecule has 0 saturated carbocycles. The van der Waals surface area contributed by atoms with Crippen molar-refractivity contribution in [2.75, 3.05) is 7.11 Å². The Bertz CT molecular complexity index is 1030. The minimum Gasteiger partial charge on any atom is -0.463 e. The van der Waals surface area contributed by atoms with E-state index in [2.05, 4.69) is 5.10 Å². The van der Waals surface area contributed by atoms with E-state index < -0.39 is 16.9 Å². The van der Waals surface area contributed by atoms with Gasteiger partial charge in [0, 0.05) is 5.39 Å². The van der Waals surface area contributed by atoms with E-state index in [0.29, 0.717) is 16.5 Å². The molecule has 10 nitrogen and oxygen atoms in total. The summed E-state index contributed by atoms with van der Waals surface area (Å²) in [5.74, 6) is -1.40. The van der Waals surface area contributed by atoms with Gasteiger partial charge in [-0.1, -0.05) is 18.2 Å². The molecular formula is C17H15N3O7. The van der Waals surface area contributed by atoms with Crippen LogP contribution in [0.5, 0.6) is 0 Å². The summed E-state index contributed by atoms with van der Waals surface area (Å²) >= 11 is 0. The minimum atomic E-state index is -0.685. The quantitative estimate of drug-likeness (QED) is 0.366. The van der Waals surface area contributed by atoms with E-state index in [0.717, 1.165) is 10.9 Å². The van der Waals surface area contributed by atoms with Crippen LogP contribution in [-0.4, -0.2) is 33.8 Å². The Balaban J connectivity index is 1.76. The zero-order valence-electron chi connectivity index (χ0n) is 14.5. The Hall–Kier alpha value is -3.69. The number of carbonyl (C=O) groups is 2. The summed E-state index contributed by atoms with van der Waals surface area (Å²) in [6, 6.07) is 6.92. The smallest absolute Gasteiger partial charge is 0.374 e. The Morgan fingerprint density at radius 3 is 2.74 bits per heavy atom. The first-order chi connectivity index (χ1) is 12.9. The predicted molar refractivity (Wildman–Crippen MR) is 91.0 cm³/mol. The number of esters is 2. The van der Waals surface area contributed by atoms with Crippen LogP contribution in [0.1, 0.15) is 21.8 Å². The second-order valence-corrected chi connectivity index (χ2v) is 5.61. The average molecular weight is 373 g/mol. The fourth-order valence-corrected chi connectivity index (χ4v) is 2.60. The lowest BCUT2D eigenvalue weighted by molar-refractivity contribution is -0.385. The summed E-state index contributed by atoms with van der Waals surface area (Å²) in [5.41, 5.74) is 0.855. The van der Waals surface area contributed by atoms with Crippen LogP contribution >= 0.6 is 0 Å².